The molecule has 8 heteroatoms. The molecular weight excluding hydrogens is 476 g/mol. The van der Waals surface area contributed by atoms with Gasteiger partial charge < -0.3 is 14.8 Å². The molecule has 5 aromatic rings. The minimum absolute atomic E-state index is 0.575. The number of allylic oxidation sites excluding steroid dienone is 2. The molecule has 1 N–H and O–H groups in total. The SMILES string of the molecule is COc1ccc(-c2c(Nc3cccnn3)nc3c(C4=CCCCC4)c(-c4ccccc4)nn3c2OC)cc1. The van der Waals surface area contributed by atoms with E-state index in [1.165, 1.54) is 12.0 Å². The lowest BCUT2D eigenvalue weighted by atomic mass is 9.92. The van der Waals surface area contributed by atoms with Crippen molar-refractivity contribution in [1.29, 1.82) is 0 Å². The van der Waals surface area contributed by atoms with Crippen molar-refractivity contribution in [3.63, 3.8) is 0 Å². The fraction of sp³-hybridized carbons (Fsp3) is 0.200. The van der Waals surface area contributed by atoms with Gasteiger partial charge in [-0.05, 0) is 61.1 Å². The van der Waals surface area contributed by atoms with E-state index in [9.17, 15) is 0 Å². The van der Waals surface area contributed by atoms with Crippen LogP contribution in [0.25, 0.3) is 33.6 Å². The Morgan fingerprint density at radius 2 is 1.68 bits per heavy atom. The summed E-state index contributed by atoms with van der Waals surface area (Å²) < 4.78 is 13.3. The maximum absolute atomic E-state index is 6.07. The number of rotatable bonds is 7. The van der Waals surface area contributed by atoms with Crippen LogP contribution in [0.4, 0.5) is 11.6 Å². The van der Waals surface area contributed by atoms with Gasteiger partial charge in [0.05, 0.1) is 25.3 Å². The van der Waals surface area contributed by atoms with Crippen LogP contribution in [-0.2, 0) is 0 Å². The van der Waals surface area contributed by atoms with Gasteiger partial charge in [0.2, 0.25) is 5.88 Å². The summed E-state index contributed by atoms with van der Waals surface area (Å²) in [7, 11) is 3.32. The molecule has 1 aliphatic carbocycles. The third kappa shape index (κ3) is 4.34. The number of nitrogens with one attached hydrogen (secondary N) is 1. The molecule has 0 saturated carbocycles. The Kier molecular flexibility index (Phi) is 6.44. The van der Waals surface area contributed by atoms with E-state index in [4.69, 9.17) is 19.6 Å². The van der Waals surface area contributed by atoms with Crippen LogP contribution >= 0.6 is 0 Å². The number of benzene rings is 2. The number of anilines is 2. The van der Waals surface area contributed by atoms with Crippen LogP contribution in [0.3, 0.4) is 0 Å². The average Bonchev–Trinajstić information content (AvgIpc) is 3.37. The highest BCUT2D eigenvalue weighted by Crippen LogP contribution is 2.43. The van der Waals surface area contributed by atoms with Gasteiger partial charge >= 0.3 is 0 Å². The molecule has 0 aliphatic heterocycles. The molecule has 190 valence electrons. The second kappa shape index (κ2) is 10.3. The van der Waals surface area contributed by atoms with Crippen molar-refractivity contribution in [3.8, 4) is 34.0 Å². The van der Waals surface area contributed by atoms with Crippen LogP contribution in [0.5, 0.6) is 11.6 Å². The lowest BCUT2D eigenvalue weighted by Crippen LogP contribution is -2.07. The van der Waals surface area contributed by atoms with Crippen LogP contribution in [-0.4, -0.2) is 39.0 Å². The van der Waals surface area contributed by atoms with Crippen molar-refractivity contribution in [3.05, 3.63) is 84.6 Å². The van der Waals surface area contributed by atoms with E-state index in [0.29, 0.717) is 17.5 Å². The molecule has 8 nitrogen and oxygen atoms in total. The zero-order chi connectivity index (χ0) is 25.9. The minimum atomic E-state index is 0.575. The molecule has 0 unspecified atom stereocenters. The van der Waals surface area contributed by atoms with E-state index in [2.05, 4.69) is 33.7 Å². The first-order valence-electron chi connectivity index (χ1n) is 12.7. The van der Waals surface area contributed by atoms with E-state index in [1.807, 2.05) is 59.1 Å². The maximum Gasteiger partial charge on any atom is 0.228 e. The normalized spacial score (nSPS) is 13.3. The molecule has 0 spiro atoms. The first-order chi connectivity index (χ1) is 18.8. The van der Waals surface area contributed by atoms with Crippen LogP contribution < -0.4 is 14.8 Å². The van der Waals surface area contributed by atoms with Gasteiger partial charge in [0, 0.05) is 11.8 Å². The zero-order valence-electron chi connectivity index (χ0n) is 21.4. The molecule has 0 saturated heterocycles. The molecule has 3 aromatic heterocycles. The average molecular weight is 505 g/mol. The van der Waals surface area contributed by atoms with E-state index in [0.717, 1.165) is 58.6 Å². The number of methoxy groups -OCH3 is 2. The minimum Gasteiger partial charge on any atom is -0.497 e. The summed E-state index contributed by atoms with van der Waals surface area (Å²) in [6.07, 6.45) is 8.34. The topological polar surface area (TPSA) is 86.5 Å². The summed E-state index contributed by atoms with van der Waals surface area (Å²) in [6.45, 7) is 0. The molecule has 2 aromatic carbocycles. The molecule has 0 amide bonds. The van der Waals surface area contributed by atoms with Gasteiger partial charge in [0.15, 0.2) is 11.5 Å². The molecule has 3 heterocycles. The van der Waals surface area contributed by atoms with E-state index in [1.54, 1.807) is 20.4 Å². The summed E-state index contributed by atoms with van der Waals surface area (Å²) in [5.74, 6) is 2.54. The molecule has 6 rings (SSSR count). The zero-order valence-corrected chi connectivity index (χ0v) is 21.4. The third-order valence-electron chi connectivity index (χ3n) is 6.77. The molecule has 0 fully saturated rings. The number of fused-ring (bicyclic) bond motifs is 1. The van der Waals surface area contributed by atoms with E-state index >= 15 is 0 Å². The van der Waals surface area contributed by atoms with Crippen molar-refractivity contribution in [2.45, 2.75) is 25.7 Å². The Bertz CT molecular complexity index is 1600. The number of nitrogens with zero attached hydrogens (tertiary/aromatic N) is 5. The van der Waals surface area contributed by atoms with Crippen LogP contribution in [0, 0.1) is 0 Å². The number of ether oxygens (including phenoxy) is 2. The predicted octanol–water partition coefficient (Wildman–Crippen LogP) is 6.57. The highest BCUT2D eigenvalue weighted by Gasteiger charge is 2.26. The smallest absolute Gasteiger partial charge is 0.228 e. The number of aromatic nitrogens is 5. The number of hydrogen-bond acceptors (Lipinski definition) is 7. The second-order valence-electron chi connectivity index (χ2n) is 9.11. The summed E-state index contributed by atoms with van der Waals surface area (Å²) in [6, 6.07) is 21.8. The Labute approximate surface area is 221 Å². The van der Waals surface area contributed by atoms with Crippen molar-refractivity contribution >= 4 is 22.9 Å². The number of hydrogen-bond donors (Lipinski definition) is 1. The first-order valence-corrected chi connectivity index (χ1v) is 12.7. The van der Waals surface area contributed by atoms with Gasteiger partial charge in [-0.3, -0.25) is 0 Å². The molecule has 0 atom stereocenters. The summed E-state index contributed by atoms with van der Waals surface area (Å²) in [5.41, 5.74) is 6.63. The Morgan fingerprint density at radius 3 is 2.37 bits per heavy atom. The van der Waals surface area contributed by atoms with Gasteiger partial charge in [-0.15, -0.1) is 5.10 Å². The van der Waals surface area contributed by atoms with Crippen molar-refractivity contribution in [2.24, 2.45) is 0 Å². The van der Waals surface area contributed by atoms with Crippen LogP contribution in [0.2, 0.25) is 0 Å². The van der Waals surface area contributed by atoms with Crippen molar-refractivity contribution in [2.75, 3.05) is 19.5 Å². The van der Waals surface area contributed by atoms with Gasteiger partial charge in [-0.1, -0.05) is 48.5 Å². The molecular formula is C30H28N6O2. The van der Waals surface area contributed by atoms with E-state index in [-0.39, 0.29) is 0 Å². The standard InChI is InChI=1S/C30H28N6O2/c1-37-23-17-15-21(16-18-23)26-28(32-24-14-9-19-31-34-24)33-29-25(20-10-5-3-6-11-20)27(22-12-7-4-8-13-22)35-36(29)30(26)38-2/h4,7-10,12-19H,3,5-6,11H2,1-2H3,(H,32,33,34). The van der Waals surface area contributed by atoms with Crippen LogP contribution in [0.15, 0.2) is 79.0 Å². The monoisotopic (exact) mass is 504 g/mol. The quantitative estimate of drug-likeness (QED) is 0.268. The van der Waals surface area contributed by atoms with Gasteiger partial charge in [0.25, 0.3) is 0 Å². The summed E-state index contributed by atoms with van der Waals surface area (Å²) in [4.78, 5) is 5.19. The second-order valence-corrected chi connectivity index (χ2v) is 9.11. The molecule has 38 heavy (non-hydrogen) atoms. The fourth-order valence-corrected chi connectivity index (χ4v) is 4.97. The summed E-state index contributed by atoms with van der Waals surface area (Å²) in [5, 5.41) is 16.8. The Balaban J connectivity index is 1.66. The predicted molar refractivity (Wildman–Crippen MR) is 149 cm³/mol. The maximum atomic E-state index is 6.07. The van der Waals surface area contributed by atoms with Gasteiger partial charge in [0.1, 0.15) is 17.3 Å². The van der Waals surface area contributed by atoms with Gasteiger partial charge in [-0.2, -0.15) is 14.7 Å². The Morgan fingerprint density at radius 1 is 0.842 bits per heavy atom. The van der Waals surface area contributed by atoms with Crippen molar-refractivity contribution in [1.82, 2.24) is 24.8 Å². The lowest BCUT2D eigenvalue weighted by Gasteiger charge is -2.17. The van der Waals surface area contributed by atoms with Gasteiger partial charge in [-0.25, -0.2) is 4.98 Å². The molecule has 1 aliphatic rings. The van der Waals surface area contributed by atoms with E-state index < -0.39 is 0 Å². The molecule has 0 bridgehead atoms. The largest absolute Gasteiger partial charge is 0.497 e. The fourth-order valence-electron chi connectivity index (χ4n) is 4.97. The Hall–Kier alpha value is -4.72. The van der Waals surface area contributed by atoms with Crippen LogP contribution in [0.1, 0.15) is 31.2 Å². The highest BCUT2D eigenvalue weighted by molar-refractivity contribution is 5.91. The first kappa shape index (κ1) is 23.7. The lowest BCUT2D eigenvalue weighted by molar-refractivity contribution is 0.387. The molecule has 0 radical (unpaired) electrons. The third-order valence-corrected chi connectivity index (χ3v) is 6.77. The summed E-state index contributed by atoms with van der Waals surface area (Å²) >= 11 is 0. The highest BCUT2D eigenvalue weighted by atomic mass is 16.5. The van der Waals surface area contributed by atoms with Crippen molar-refractivity contribution < 1.29 is 9.47 Å².